The zero-order valence-electron chi connectivity index (χ0n) is 15.9. The predicted octanol–water partition coefficient (Wildman–Crippen LogP) is 1.51. The molecule has 2 N–H and O–H groups in total. The molecule has 1 aromatic heterocycles. The molecule has 0 unspecified atom stereocenters. The topological polar surface area (TPSA) is 79.3 Å². The summed E-state index contributed by atoms with van der Waals surface area (Å²) >= 11 is 0. The SMILES string of the molecule is CCN1CCC[C@H]1CNC(=O)c1cccc(-c2cnn(CC(=O)NC)c2)c1. The van der Waals surface area contributed by atoms with E-state index in [0.29, 0.717) is 18.2 Å². The molecule has 0 spiro atoms. The maximum Gasteiger partial charge on any atom is 0.251 e. The highest BCUT2D eigenvalue weighted by Crippen LogP contribution is 2.20. The van der Waals surface area contributed by atoms with Gasteiger partial charge in [0.25, 0.3) is 5.91 Å². The summed E-state index contributed by atoms with van der Waals surface area (Å²) in [5.74, 6) is -0.164. The number of nitrogens with zero attached hydrogens (tertiary/aromatic N) is 3. The van der Waals surface area contributed by atoms with Gasteiger partial charge in [-0.25, -0.2) is 0 Å². The van der Waals surface area contributed by atoms with Gasteiger partial charge in [-0.1, -0.05) is 19.1 Å². The van der Waals surface area contributed by atoms with Crippen LogP contribution in [0, 0.1) is 0 Å². The summed E-state index contributed by atoms with van der Waals surface area (Å²) in [7, 11) is 1.60. The van der Waals surface area contributed by atoms with Gasteiger partial charge in [0.1, 0.15) is 6.54 Å². The first-order chi connectivity index (χ1) is 13.1. The largest absolute Gasteiger partial charge is 0.358 e. The number of aromatic nitrogens is 2. The van der Waals surface area contributed by atoms with Gasteiger partial charge in [0.15, 0.2) is 0 Å². The Hall–Kier alpha value is -2.67. The Balaban J connectivity index is 1.64. The summed E-state index contributed by atoms with van der Waals surface area (Å²) in [4.78, 5) is 26.4. The average Bonchev–Trinajstić information content (AvgIpc) is 3.35. The van der Waals surface area contributed by atoms with Crippen molar-refractivity contribution >= 4 is 11.8 Å². The number of hydrogen-bond donors (Lipinski definition) is 2. The number of carbonyl (C=O) groups excluding carboxylic acids is 2. The van der Waals surface area contributed by atoms with E-state index in [0.717, 1.165) is 30.6 Å². The number of nitrogens with one attached hydrogen (secondary N) is 2. The minimum absolute atomic E-state index is 0.0578. The molecule has 27 heavy (non-hydrogen) atoms. The Morgan fingerprint density at radius 1 is 1.30 bits per heavy atom. The standard InChI is InChI=1S/C20H27N5O2/c1-3-24-9-5-8-18(24)12-22-20(27)16-7-4-6-15(10-16)17-11-23-25(13-17)14-19(26)21-2/h4,6-7,10-11,13,18H,3,5,8-9,12,14H2,1-2H3,(H,21,26)(H,22,27)/t18-/m0/s1. The van der Waals surface area contributed by atoms with Crippen LogP contribution in [0.5, 0.6) is 0 Å². The van der Waals surface area contributed by atoms with Crippen molar-refractivity contribution in [2.75, 3.05) is 26.7 Å². The first-order valence-electron chi connectivity index (χ1n) is 9.46. The Morgan fingerprint density at radius 2 is 2.15 bits per heavy atom. The van der Waals surface area contributed by atoms with Crippen LogP contribution in [-0.4, -0.2) is 59.2 Å². The molecule has 2 amide bonds. The summed E-state index contributed by atoms with van der Waals surface area (Å²) < 4.78 is 1.58. The first-order valence-corrected chi connectivity index (χ1v) is 9.46. The van der Waals surface area contributed by atoms with E-state index < -0.39 is 0 Å². The van der Waals surface area contributed by atoms with E-state index in [-0.39, 0.29) is 18.4 Å². The minimum atomic E-state index is -0.106. The number of benzene rings is 1. The Kier molecular flexibility index (Phi) is 6.24. The Labute approximate surface area is 159 Å². The smallest absolute Gasteiger partial charge is 0.251 e. The third-order valence-electron chi connectivity index (χ3n) is 5.08. The lowest BCUT2D eigenvalue weighted by atomic mass is 10.1. The summed E-state index contributed by atoms with van der Waals surface area (Å²) in [5.41, 5.74) is 2.41. The van der Waals surface area contributed by atoms with Gasteiger partial charge in [-0.05, 0) is 43.6 Å². The van der Waals surface area contributed by atoms with Crippen molar-refractivity contribution in [1.82, 2.24) is 25.3 Å². The van der Waals surface area contributed by atoms with Crippen molar-refractivity contribution in [3.63, 3.8) is 0 Å². The van der Waals surface area contributed by atoms with E-state index >= 15 is 0 Å². The van der Waals surface area contributed by atoms with Crippen LogP contribution >= 0.6 is 0 Å². The fourth-order valence-electron chi connectivity index (χ4n) is 3.52. The van der Waals surface area contributed by atoms with Crippen molar-refractivity contribution in [3.05, 3.63) is 42.2 Å². The van der Waals surface area contributed by atoms with E-state index in [9.17, 15) is 9.59 Å². The van der Waals surface area contributed by atoms with Gasteiger partial charge >= 0.3 is 0 Å². The quantitative estimate of drug-likeness (QED) is 0.775. The van der Waals surface area contributed by atoms with Crippen LogP contribution in [0.3, 0.4) is 0 Å². The summed E-state index contributed by atoms with van der Waals surface area (Å²) in [6, 6.07) is 7.93. The molecule has 1 aliphatic heterocycles. The lowest BCUT2D eigenvalue weighted by Crippen LogP contribution is -2.40. The molecule has 1 aromatic carbocycles. The van der Waals surface area contributed by atoms with E-state index in [1.54, 1.807) is 17.9 Å². The highest BCUT2D eigenvalue weighted by Gasteiger charge is 2.23. The van der Waals surface area contributed by atoms with Crippen molar-refractivity contribution in [3.8, 4) is 11.1 Å². The molecule has 0 radical (unpaired) electrons. The van der Waals surface area contributed by atoms with Gasteiger partial charge in [-0.3, -0.25) is 19.2 Å². The van der Waals surface area contributed by atoms with Crippen LogP contribution in [-0.2, 0) is 11.3 Å². The molecule has 2 heterocycles. The molecule has 0 aliphatic carbocycles. The van der Waals surface area contributed by atoms with Gasteiger partial charge in [-0.15, -0.1) is 0 Å². The van der Waals surface area contributed by atoms with E-state index in [2.05, 4.69) is 27.6 Å². The van der Waals surface area contributed by atoms with Gasteiger partial charge < -0.3 is 10.6 Å². The molecule has 1 aliphatic rings. The predicted molar refractivity (Wildman–Crippen MR) is 104 cm³/mol. The molecule has 144 valence electrons. The number of likely N-dealkylation sites (tertiary alicyclic amines) is 1. The van der Waals surface area contributed by atoms with Gasteiger partial charge in [-0.2, -0.15) is 5.10 Å². The van der Waals surface area contributed by atoms with E-state index in [4.69, 9.17) is 0 Å². The van der Waals surface area contributed by atoms with Gasteiger partial charge in [0.2, 0.25) is 5.91 Å². The van der Waals surface area contributed by atoms with Crippen LogP contribution in [0.15, 0.2) is 36.7 Å². The van der Waals surface area contributed by atoms with E-state index in [1.807, 2.05) is 30.5 Å². The lowest BCUT2D eigenvalue weighted by molar-refractivity contribution is -0.121. The fourth-order valence-corrected chi connectivity index (χ4v) is 3.52. The molecule has 1 saturated heterocycles. The Morgan fingerprint density at radius 3 is 2.93 bits per heavy atom. The number of likely N-dealkylation sites (N-methyl/N-ethyl adjacent to an activating group) is 2. The first kappa shape index (κ1) is 19.1. The fraction of sp³-hybridized carbons (Fsp3) is 0.450. The molecule has 0 saturated carbocycles. The molecule has 2 aromatic rings. The number of amides is 2. The van der Waals surface area contributed by atoms with Crippen LogP contribution in [0.4, 0.5) is 0 Å². The monoisotopic (exact) mass is 369 g/mol. The summed E-state index contributed by atoms with van der Waals surface area (Å²) in [6.07, 6.45) is 5.85. The number of hydrogen-bond acceptors (Lipinski definition) is 4. The normalized spacial score (nSPS) is 17.0. The minimum Gasteiger partial charge on any atom is -0.358 e. The number of carbonyl (C=O) groups is 2. The highest BCUT2D eigenvalue weighted by molar-refractivity contribution is 5.95. The summed E-state index contributed by atoms with van der Waals surface area (Å²) in [6.45, 7) is 5.16. The second-order valence-corrected chi connectivity index (χ2v) is 6.82. The molecule has 1 fully saturated rings. The van der Waals surface area contributed by atoms with Gasteiger partial charge in [0.05, 0.1) is 6.20 Å². The van der Waals surface area contributed by atoms with Crippen molar-refractivity contribution < 1.29 is 9.59 Å². The average molecular weight is 369 g/mol. The summed E-state index contributed by atoms with van der Waals surface area (Å²) in [5, 5.41) is 9.85. The van der Waals surface area contributed by atoms with Crippen LogP contribution < -0.4 is 10.6 Å². The molecular weight excluding hydrogens is 342 g/mol. The molecule has 7 nitrogen and oxygen atoms in total. The second kappa shape index (κ2) is 8.81. The molecule has 0 bridgehead atoms. The van der Waals surface area contributed by atoms with Gasteiger partial charge in [0, 0.05) is 37.0 Å². The maximum atomic E-state index is 12.6. The molecule has 1 atom stereocenters. The van der Waals surface area contributed by atoms with Crippen molar-refractivity contribution in [2.45, 2.75) is 32.4 Å². The number of rotatable bonds is 7. The third kappa shape index (κ3) is 4.74. The van der Waals surface area contributed by atoms with Crippen molar-refractivity contribution in [2.24, 2.45) is 0 Å². The van der Waals surface area contributed by atoms with Crippen LogP contribution in [0.2, 0.25) is 0 Å². The molecule has 7 heteroatoms. The van der Waals surface area contributed by atoms with Crippen molar-refractivity contribution in [1.29, 1.82) is 0 Å². The molecule has 3 rings (SSSR count). The maximum absolute atomic E-state index is 12.6. The van der Waals surface area contributed by atoms with Crippen LogP contribution in [0.25, 0.3) is 11.1 Å². The third-order valence-corrected chi connectivity index (χ3v) is 5.08. The van der Waals surface area contributed by atoms with Crippen LogP contribution in [0.1, 0.15) is 30.1 Å². The zero-order chi connectivity index (χ0) is 19.2. The second-order valence-electron chi connectivity index (χ2n) is 6.82. The van der Waals surface area contributed by atoms with E-state index in [1.165, 1.54) is 6.42 Å². The lowest BCUT2D eigenvalue weighted by Gasteiger charge is -2.22. The zero-order valence-corrected chi connectivity index (χ0v) is 15.9. The Bertz CT molecular complexity index is 801. The highest BCUT2D eigenvalue weighted by atomic mass is 16.2. The molecular formula is C20H27N5O2.